The molecule has 50 heavy (non-hydrogen) atoms. The molecule has 0 bridgehead atoms. The molecule has 0 aliphatic rings. The van der Waals surface area contributed by atoms with Crippen LogP contribution in [-0.2, 0) is 20.2 Å². The van der Waals surface area contributed by atoms with Crippen LogP contribution in [0, 0.1) is 0 Å². The maximum absolute atomic E-state index is 15.9. The zero-order valence-corrected chi connectivity index (χ0v) is 23.6. The van der Waals surface area contributed by atoms with E-state index < -0.39 is 115 Å². The summed E-state index contributed by atoms with van der Waals surface area (Å²) in [7, 11) is -18.3. The first kappa shape index (κ1) is 48.1. The van der Waals surface area contributed by atoms with Gasteiger partial charge in [-0.3, -0.25) is 9.11 Å². The minimum Gasteiger partial charge on any atom is -0.396 e. The maximum Gasteiger partial charge on any atom is 0.460 e. The molecule has 8 nitrogen and oxygen atoms in total. The van der Waals surface area contributed by atoms with Gasteiger partial charge in [0, 0.05) is 6.61 Å². The van der Waals surface area contributed by atoms with Gasteiger partial charge >= 0.3 is 84.3 Å². The van der Waals surface area contributed by atoms with E-state index >= 15 is 8.78 Å². The first-order valence-corrected chi connectivity index (χ1v) is 13.7. The number of alkyl halides is 24. The highest BCUT2D eigenvalue weighted by Crippen LogP contribution is 2.71. The van der Waals surface area contributed by atoms with Crippen LogP contribution in [0.4, 0.5) is 105 Å². The van der Waals surface area contributed by atoms with Crippen LogP contribution in [-0.4, -0.2) is 118 Å². The fourth-order valence-corrected chi connectivity index (χ4v) is 5.35. The molecular weight excluding hydrogens is 840 g/mol. The Morgan fingerprint density at radius 3 is 1.00 bits per heavy atom. The Morgan fingerprint density at radius 2 is 0.740 bits per heavy atom. The third kappa shape index (κ3) is 5.61. The third-order valence-electron chi connectivity index (χ3n) is 6.40. The second kappa shape index (κ2) is 12.0. The van der Waals surface area contributed by atoms with Crippen LogP contribution in [0.25, 0.3) is 0 Å². The minimum atomic E-state index is -9.94. The van der Waals surface area contributed by atoms with Gasteiger partial charge in [0.15, 0.2) is 5.60 Å². The molecule has 0 heterocycles. The molecule has 0 radical (unpaired) electrons. The molecular formula is C16H10F24O8S2. The molecule has 0 rings (SSSR count). The number of halogens is 24. The van der Waals surface area contributed by atoms with E-state index in [-0.39, 0.29) is 0 Å². The van der Waals surface area contributed by atoms with Gasteiger partial charge in [0.2, 0.25) is 0 Å². The van der Waals surface area contributed by atoms with Crippen molar-refractivity contribution in [2.45, 2.75) is 88.2 Å². The lowest BCUT2D eigenvalue weighted by molar-refractivity contribution is -0.459. The summed E-state index contributed by atoms with van der Waals surface area (Å²) >= 11 is 0. The minimum absolute atomic E-state index is 2.65. The van der Waals surface area contributed by atoms with Gasteiger partial charge in [-0.2, -0.15) is 113 Å². The van der Waals surface area contributed by atoms with Crippen molar-refractivity contribution in [3.63, 3.8) is 0 Å². The van der Waals surface area contributed by atoms with Gasteiger partial charge in [0.25, 0.3) is 5.67 Å². The molecule has 0 aromatic rings. The summed E-state index contributed by atoms with van der Waals surface area (Å²) in [6, 6.07) is 0. The van der Waals surface area contributed by atoms with E-state index in [1.807, 2.05) is 0 Å². The predicted octanol–water partition coefficient (Wildman–Crippen LogP) is 5.80. The molecule has 34 heteroatoms. The monoisotopic (exact) mass is 850 g/mol. The van der Waals surface area contributed by atoms with Gasteiger partial charge in [-0.1, -0.05) is 0 Å². The number of aliphatic hydroxyl groups is 2. The molecule has 0 saturated carbocycles. The summed E-state index contributed by atoms with van der Waals surface area (Å²) in [5, 5.41) is 0.467. The summed E-state index contributed by atoms with van der Waals surface area (Å²) in [6.07, 6.45) is -24.8. The van der Waals surface area contributed by atoms with Gasteiger partial charge in [-0.15, -0.1) is 0 Å². The van der Waals surface area contributed by atoms with E-state index in [2.05, 4.69) is 0 Å². The van der Waals surface area contributed by atoms with Crippen molar-refractivity contribution < 1.29 is 142 Å². The molecule has 3 unspecified atom stereocenters. The second-order valence-corrected chi connectivity index (χ2v) is 12.4. The van der Waals surface area contributed by atoms with Crippen molar-refractivity contribution >= 4 is 20.2 Å². The van der Waals surface area contributed by atoms with E-state index in [0.717, 1.165) is 0 Å². The number of rotatable bonds is 15. The SMILES string of the molecule is O=S(=O)(O)C(F)(F)C(F)(F)C(F)(F)C(F)(C(F)(F)C(F)(F)F)C(O)(CCCO)C(F)(C(F)(F)C(F)(F)C(F)(F)C(F)(F)C(F)(F)F)S(=O)(=O)O. The molecule has 0 aliphatic heterocycles. The lowest BCUT2D eigenvalue weighted by atomic mass is 9.65. The highest BCUT2D eigenvalue weighted by atomic mass is 32.2. The number of aliphatic hydroxyl groups excluding tert-OH is 1. The highest BCUT2D eigenvalue weighted by Gasteiger charge is 3.02. The predicted molar refractivity (Wildman–Crippen MR) is 104 cm³/mol. The van der Waals surface area contributed by atoms with Crippen LogP contribution >= 0.6 is 0 Å². The van der Waals surface area contributed by atoms with Crippen molar-refractivity contribution in [2.24, 2.45) is 0 Å². The Bertz CT molecular complexity index is 1490. The van der Waals surface area contributed by atoms with Gasteiger partial charge in [-0.05, 0) is 12.8 Å². The van der Waals surface area contributed by atoms with E-state index in [0.29, 0.717) is 0 Å². The van der Waals surface area contributed by atoms with Crippen molar-refractivity contribution in [1.82, 2.24) is 0 Å². The summed E-state index contributed by atoms with van der Waals surface area (Å²) in [4.78, 5) is 0. The zero-order valence-electron chi connectivity index (χ0n) is 21.9. The van der Waals surface area contributed by atoms with Crippen molar-refractivity contribution in [1.29, 1.82) is 0 Å². The molecule has 0 spiro atoms. The summed E-state index contributed by atoms with van der Waals surface area (Å²) in [6.45, 7) is -2.65. The van der Waals surface area contributed by atoms with Crippen LogP contribution in [0.1, 0.15) is 12.8 Å². The fourth-order valence-electron chi connectivity index (χ4n) is 3.77. The second-order valence-electron chi connectivity index (χ2n) is 9.42. The molecule has 0 fully saturated rings. The van der Waals surface area contributed by atoms with Gasteiger partial charge < -0.3 is 10.2 Å². The maximum atomic E-state index is 15.9. The average molecular weight is 850 g/mol. The van der Waals surface area contributed by atoms with Gasteiger partial charge in [0.05, 0.1) is 0 Å². The van der Waals surface area contributed by atoms with E-state index in [1.165, 1.54) is 0 Å². The summed E-state index contributed by atoms with van der Waals surface area (Å²) in [5.74, 6) is -66.7. The third-order valence-corrected chi connectivity index (χ3v) is 8.61. The molecule has 0 saturated heterocycles. The quantitative estimate of drug-likeness (QED) is 0.119. The van der Waals surface area contributed by atoms with Gasteiger partial charge in [-0.25, -0.2) is 8.78 Å². The lowest BCUT2D eigenvalue weighted by Crippen LogP contribution is -2.88. The molecule has 0 aromatic heterocycles. The highest BCUT2D eigenvalue weighted by molar-refractivity contribution is 7.87. The largest absolute Gasteiger partial charge is 0.460 e. The number of hydrogen-bond acceptors (Lipinski definition) is 6. The van der Waals surface area contributed by atoms with Crippen LogP contribution in [0.3, 0.4) is 0 Å². The Morgan fingerprint density at radius 1 is 0.420 bits per heavy atom. The van der Waals surface area contributed by atoms with Crippen LogP contribution in [0.15, 0.2) is 0 Å². The summed E-state index contributed by atoms with van der Waals surface area (Å²) < 4.78 is 397. The zero-order chi connectivity index (χ0) is 41.6. The van der Waals surface area contributed by atoms with Crippen molar-refractivity contribution in [2.75, 3.05) is 6.61 Å². The molecule has 0 aliphatic carbocycles. The van der Waals surface area contributed by atoms with Gasteiger partial charge in [0.1, 0.15) is 0 Å². The Kier molecular flexibility index (Phi) is 11.6. The molecule has 302 valence electrons. The van der Waals surface area contributed by atoms with Crippen LogP contribution in [0.5, 0.6) is 0 Å². The first-order chi connectivity index (χ1) is 21.1. The molecule has 0 amide bonds. The molecule has 3 atom stereocenters. The molecule has 4 N–H and O–H groups in total. The Hall–Kier alpha value is -1.94. The standard InChI is InChI=1S/C16H10F24O8S2/c17-5(7(20,21)14(33,34)35,6(18,19)12(30,31)16(39,40)50(46,47)48)4(42,2-1-3-41)13(32,49(43,44)45)10(26,27)8(22,23)9(24,25)11(28,29)15(36,37)38/h41-42H,1-3H2,(H,43,44,45)(H,46,47,48). The van der Waals surface area contributed by atoms with Crippen LogP contribution < -0.4 is 0 Å². The number of hydrogen-bond donors (Lipinski definition) is 4. The average Bonchev–Trinajstić information content (AvgIpc) is 2.86. The molecule has 0 aromatic carbocycles. The van der Waals surface area contributed by atoms with E-state index in [4.69, 9.17) is 14.2 Å². The normalized spacial score (nSPS) is 19.8. The van der Waals surface area contributed by atoms with Crippen molar-refractivity contribution in [3.8, 4) is 0 Å². The first-order valence-electron chi connectivity index (χ1n) is 10.9. The lowest BCUT2D eigenvalue weighted by Gasteiger charge is -2.55. The van der Waals surface area contributed by atoms with Crippen LogP contribution in [0.2, 0.25) is 0 Å². The van der Waals surface area contributed by atoms with Crippen molar-refractivity contribution in [3.05, 3.63) is 0 Å². The fraction of sp³-hybridized carbons (Fsp3) is 1.00. The summed E-state index contributed by atoms with van der Waals surface area (Å²) in [5.41, 5.74) is -18.7. The topological polar surface area (TPSA) is 149 Å². The smallest absolute Gasteiger partial charge is 0.396 e. The Labute approximate surface area is 257 Å². The van der Waals surface area contributed by atoms with E-state index in [9.17, 15) is 119 Å². The van der Waals surface area contributed by atoms with E-state index in [1.54, 1.807) is 0 Å². The Balaban J connectivity index is 9.42.